The van der Waals surface area contributed by atoms with E-state index in [0.29, 0.717) is 11.7 Å². The lowest BCUT2D eigenvalue weighted by atomic mass is 10.0. The standard InChI is InChI=1S/C14H18N2O/c1-10(2)7-11-3-5-12(6-4-11)13-8-15-14(9-17)16-13/h3-6,8,10,17H,7,9H2,1-2H3,(H,15,16). The van der Waals surface area contributed by atoms with Gasteiger partial charge in [-0.1, -0.05) is 38.1 Å². The Balaban J connectivity index is 2.17. The molecule has 0 amide bonds. The Hall–Kier alpha value is -1.61. The fraction of sp³-hybridized carbons (Fsp3) is 0.357. The molecule has 0 saturated heterocycles. The van der Waals surface area contributed by atoms with Crippen LogP contribution in [0.5, 0.6) is 0 Å². The summed E-state index contributed by atoms with van der Waals surface area (Å²) in [7, 11) is 0. The summed E-state index contributed by atoms with van der Waals surface area (Å²) >= 11 is 0. The number of nitrogens with zero attached hydrogens (tertiary/aromatic N) is 1. The summed E-state index contributed by atoms with van der Waals surface area (Å²) in [5.41, 5.74) is 3.40. The zero-order valence-electron chi connectivity index (χ0n) is 10.3. The normalized spacial score (nSPS) is 11.1. The maximum Gasteiger partial charge on any atom is 0.132 e. The third kappa shape index (κ3) is 2.94. The second kappa shape index (κ2) is 5.15. The van der Waals surface area contributed by atoms with Crippen molar-refractivity contribution in [3.8, 4) is 11.3 Å². The van der Waals surface area contributed by atoms with E-state index >= 15 is 0 Å². The average molecular weight is 230 g/mol. The zero-order valence-corrected chi connectivity index (χ0v) is 10.3. The summed E-state index contributed by atoms with van der Waals surface area (Å²) in [6, 6.07) is 8.47. The van der Waals surface area contributed by atoms with Crippen LogP contribution in [0.4, 0.5) is 0 Å². The Morgan fingerprint density at radius 3 is 2.47 bits per heavy atom. The molecule has 0 unspecified atom stereocenters. The molecule has 2 aromatic rings. The molecule has 0 saturated carbocycles. The number of nitrogens with one attached hydrogen (secondary N) is 1. The number of aliphatic hydroxyl groups excluding tert-OH is 1. The number of hydrogen-bond donors (Lipinski definition) is 2. The third-order valence-electron chi connectivity index (χ3n) is 2.69. The predicted molar refractivity (Wildman–Crippen MR) is 68.5 cm³/mol. The lowest BCUT2D eigenvalue weighted by molar-refractivity contribution is 0.272. The monoisotopic (exact) mass is 230 g/mol. The molecule has 3 heteroatoms. The Morgan fingerprint density at radius 1 is 1.24 bits per heavy atom. The van der Waals surface area contributed by atoms with Gasteiger partial charge in [-0.2, -0.15) is 0 Å². The first-order chi connectivity index (χ1) is 8.19. The molecule has 1 aromatic heterocycles. The number of aromatic nitrogens is 2. The molecule has 17 heavy (non-hydrogen) atoms. The first-order valence-corrected chi connectivity index (χ1v) is 5.93. The highest BCUT2D eigenvalue weighted by Crippen LogP contribution is 2.19. The molecule has 3 nitrogen and oxygen atoms in total. The largest absolute Gasteiger partial charge is 0.388 e. The van der Waals surface area contributed by atoms with E-state index in [9.17, 15) is 0 Å². The molecule has 0 bridgehead atoms. The van der Waals surface area contributed by atoms with E-state index in [0.717, 1.165) is 17.7 Å². The lowest BCUT2D eigenvalue weighted by Gasteiger charge is -2.05. The van der Waals surface area contributed by atoms with Crippen LogP contribution in [-0.4, -0.2) is 15.1 Å². The number of rotatable bonds is 4. The molecule has 0 aliphatic heterocycles. The Labute approximate surface area is 102 Å². The summed E-state index contributed by atoms with van der Waals surface area (Å²) in [6.07, 6.45) is 2.86. The van der Waals surface area contributed by atoms with Crippen molar-refractivity contribution >= 4 is 0 Å². The van der Waals surface area contributed by atoms with E-state index in [1.165, 1.54) is 5.56 Å². The van der Waals surface area contributed by atoms with Gasteiger partial charge in [0.05, 0.1) is 11.9 Å². The van der Waals surface area contributed by atoms with Crippen molar-refractivity contribution in [3.63, 3.8) is 0 Å². The third-order valence-corrected chi connectivity index (χ3v) is 2.69. The maximum atomic E-state index is 8.95. The average Bonchev–Trinajstić information content (AvgIpc) is 2.78. The van der Waals surface area contributed by atoms with Crippen molar-refractivity contribution in [1.29, 1.82) is 0 Å². The molecule has 0 spiro atoms. The fourth-order valence-electron chi connectivity index (χ4n) is 1.88. The van der Waals surface area contributed by atoms with Crippen LogP contribution < -0.4 is 0 Å². The van der Waals surface area contributed by atoms with E-state index in [1.807, 2.05) is 0 Å². The molecule has 0 aliphatic carbocycles. The first kappa shape index (κ1) is 11.9. The zero-order chi connectivity index (χ0) is 12.3. The van der Waals surface area contributed by atoms with Crippen LogP contribution >= 0.6 is 0 Å². The molecule has 2 rings (SSSR count). The number of aromatic amines is 1. The minimum atomic E-state index is -0.0502. The van der Waals surface area contributed by atoms with Crippen LogP contribution in [0, 0.1) is 5.92 Å². The van der Waals surface area contributed by atoms with E-state index < -0.39 is 0 Å². The molecule has 1 aromatic carbocycles. The summed E-state index contributed by atoms with van der Waals surface area (Å²) in [5, 5.41) is 8.95. The second-order valence-corrected chi connectivity index (χ2v) is 4.70. The van der Waals surface area contributed by atoms with Gasteiger partial charge in [0.2, 0.25) is 0 Å². The van der Waals surface area contributed by atoms with E-state index in [1.54, 1.807) is 6.20 Å². The molecular formula is C14H18N2O. The summed E-state index contributed by atoms with van der Waals surface area (Å²) < 4.78 is 0. The summed E-state index contributed by atoms with van der Waals surface area (Å²) in [4.78, 5) is 7.15. The van der Waals surface area contributed by atoms with Gasteiger partial charge in [0.15, 0.2) is 0 Å². The van der Waals surface area contributed by atoms with Gasteiger partial charge in [0.1, 0.15) is 12.4 Å². The molecule has 0 aliphatic rings. The van der Waals surface area contributed by atoms with E-state index in [2.05, 4.69) is 48.1 Å². The van der Waals surface area contributed by atoms with Crippen LogP contribution in [0.1, 0.15) is 25.2 Å². The number of hydrogen-bond acceptors (Lipinski definition) is 2. The van der Waals surface area contributed by atoms with Crippen molar-refractivity contribution in [2.24, 2.45) is 5.92 Å². The number of benzene rings is 1. The Kier molecular flexibility index (Phi) is 3.59. The predicted octanol–water partition coefficient (Wildman–Crippen LogP) is 2.77. The molecule has 0 fully saturated rings. The van der Waals surface area contributed by atoms with Gasteiger partial charge in [0, 0.05) is 0 Å². The molecule has 90 valence electrons. The SMILES string of the molecule is CC(C)Cc1ccc(-c2cnc(CO)[nH]2)cc1. The fourth-order valence-corrected chi connectivity index (χ4v) is 1.88. The van der Waals surface area contributed by atoms with Crippen molar-refractivity contribution in [2.45, 2.75) is 26.9 Å². The van der Waals surface area contributed by atoms with Crippen molar-refractivity contribution in [1.82, 2.24) is 9.97 Å². The smallest absolute Gasteiger partial charge is 0.132 e. The minimum absolute atomic E-state index is 0.0502. The first-order valence-electron chi connectivity index (χ1n) is 5.93. The molecule has 2 N–H and O–H groups in total. The maximum absolute atomic E-state index is 8.95. The van der Waals surface area contributed by atoms with Gasteiger partial charge in [-0.3, -0.25) is 0 Å². The van der Waals surface area contributed by atoms with Gasteiger partial charge in [-0.05, 0) is 23.5 Å². The lowest BCUT2D eigenvalue weighted by Crippen LogP contribution is -1.93. The van der Waals surface area contributed by atoms with Gasteiger partial charge in [-0.25, -0.2) is 4.98 Å². The molecular weight excluding hydrogens is 212 g/mol. The highest BCUT2D eigenvalue weighted by atomic mass is 16.3. The van der Waals surface area contributed by atoms with E-state index in [4.69, 9.17) is 5.11 Å². The Bertz CT molecular complexity index is 471. The highest BCUT2D eigenvalue weighted by Gasteiger charge is 2.03. The quantitative estimate of drug-likeness (QED) is 0.848. The van der Waals surface area contributed by atoms with Crippen molar-refractivity contribution in [2.75, 3.05) is 0 Å². The summed E-state index contributed by atoms with van der Waals surface area (Å²) in [6.45, 7) is 4.39. The second-order valence-electron chi connectivity index (χ2n) is 4.70. The van der Waals surface area contributed by atoms with Gasteiger partial charge in [-0.15, -0.1) is 0 Å². The molecule has 0 atom stereocenters. The van der Waals surface area contributed by atoms with Crippen LogP contribution in [0.25, 0.3) is 11.3 Å². The highest BCUT2D eigenvalue weighted by molar-refractivity contribution is 5.58. The van der Waals surface area contributed by atoms with Crippen LogP contribution in [0.3, 0.4) is 0 Å². The van der Waals surface area contributed by atoms with Crippen LogP contribution in [-0.2, 0) is 13.0 Å². The van der Waals surface area contributed by atoms with Crippen molar-refractivity contribution in [3.05, 3.63) is 41.9 Å². The van der Waals surface area contributed by atoms with Gasteiger partial charge in [0.25, 0.3) is 0 Å². The Morgan fingerprint density at radius 2 is 1.94 bits per heavy atom. The molecule has 1 heterocycles. The minimum Gasteiger partial charge on any atom is -0.388 e. The van der Waals surface area contributed by atoms with Gasteiger partial charge >= 0.3 is 0 Å². The van der Waals surface area contributed by atoms with Crippen LogP contribution in [0.2, 0.25) is 0 Å². The van der Waals surface area contributed by atoms with E-state index in [-0.39, 0.29) is 6.61 Å². The number of imidazole rings is 1. The van der Waals surface area contributed by atoms with Crippen molar-refractivity contribution < 1.29 is 5.11 Å². The van der Waals surface area contributed by atoms with Gasteiger partial charge < -0.3 is 10.1 Å². The van der Waals surface area contributed by atoms with Crippen LogP contribution in [0.15, 0.2) is 30.5 Å². The number of H-pyrrole nitrogens is 1. The summed E-state index contributed by atoms with van der Waals surface area (Å²) in [5.74, 6) is 1.28. The molecule has 0 radical (unpaired) electrons. The topological polar surface area (TPSA) is 48.9 Å². The number of aliphatic hydroxyl groups is 1.